The summed E-state index contributed by atoms with van der Waals surface area (Å²) in [5.41, 5.74) is 2.84. The Kier molecular flexibility index (Phi) is 5.54. The molecule has 0 saturated heterocycles. The van der Waals surface area contributed by atoms with Gasteiger partial charge in [-0.05, 0) is 24.6 Å². The highest BCUT2D eigenvalue weighted by atomic mass is 16.5. The molecule has 2 aromatic rings. The van der Waals surface area contributed by atoms with E-state index in [-0.39, 0.29) is 5.91 Å². The molecule has 0 spiro atoms. The molecule has 8 nitrogen and oxygen atoms in total. The lowest BCUT2D eigenvalue weighted by Gasteiger charge is -2.20. The number of alkyl carbamates (subject to hydrolysis) is 1. The Morgan fingerprint density at radius 3 is 2.63 bits per heavy atom. The lowest BCUT2D eigenvalue weighted by molar-refractivity contribution is -0.133. The Hall–Kier alpha value is -3.16. The molecule has 0 aliphatic carbocycles. The lowest BCUT2D eigenvalue weighted by atomic mass is 10.1. The van der Waals surface area contributed by atoms with Crippen LogP contribution in [0.2, 0.25) is 0 Å². The van der Waals surface area contributed by atoms with Gasteiger partial charge in [-0.3, -0.25) is 4.79 Å². The Morgan fingerprint density at radius 2 is 1.96 bits per heavy atom. The molecule has 0 saturated carbocycles. The third-order valence-electron chi connectivity index (χ3n) is 4.43. The maximum Gasteiger partial charge on any atom is 0.407 e. The molecule has 3 rings (SSSR count). The fourth-order valence-electron chi connectivity index (χ4n) is 2.93. The number of aromatic nitrogens is 2. The van der Waals surface area contributed by atoms with E-state index in [1.54, 1.807) is 25.1 Å². The van der Waals surface area contributed by atoms with Crippen molar-refractivity contribution in [1.82, 2.24) is 20.2 Å². The van der Waals surface area contributed by atoms with Gasteiger partial charge in [-0.25, -0.2) is 14.8 Å². The molecule has 8 heteroatoms. The van der Waals surface area contributed by atoms with Gasteiger partial charge in [-0.2, -0.15) is 0 Å². The van der Waals surface area contributed by atoms with E-state index in [2.05, 4.69) is 20.0 Å². The van der Waals surface area contributed by atoms with Gasteiger partial charge in [0, 0.05) is 24.7 Å². The SMILES string of the molecule is COC(=O)N[C@H](C)C(=O)N1Cc2cnc(Cc3ccc(OC)cc3)nc2C1. The Bertz CT molecular complexity index is 838. The van der Waals surface area contributed by atoms with Gasteiger partial charge in [0.25, 0.3) is 0 Å². The van der Waals surface area contributed by atoms with E-state index in [9.17, 15) is 9.59 Å². The molecule has 1 N–H and O–H groups in total. The Morgan fingerprint density at radius 1 is 1.22 bits per heavy atom. The molecule has 142 valence electrons. The molecule has 1 aromatic carbocycles. The Labute approximate surface area is 157 Å². The summed E-state index contributed by atoms with van der Waals surface area (Å²) in [5, 5.41) is 2.49. The van der Waals surface area contributed by atoms with Crippen LogP contribution in [-0.4, -0.2) is 47.1 Å². The maximum atomic E-state index is 12.5. The maximum absolute atomic E-state index is 12.5. The van der Waals surface area contributed by atoms with Crippen molar-refractivity contribution in [2.24, 2.45) is 0 Å². The number of carbonyl (C=O) groups excluding carboxylic acids is 2. The van der Waals surface area contributed by atoms with E-state index in [0.29, 0.717) is 25.3 Å². The molecule has 1 atom stereocenters. The molecule has 0 radical (unpaired) electrons. The summed E-state index contributed by atoms with van der Waals surface area (Å²) in [7, 11) is 2.89. The first-order valence-corrected chi connectivity index (χ1v) is 8.60. The number of benzene rings is 1. The van der Waals surface area contributed by atoms with E-state index >= 15 is 0 Å². The number of nitrogens with zero attached hydrogens (tertiary/aromatic N) is 3. The van der Waals surface area contributed by atoms with Crippen molar-refractivity contribution in [2.75, 3.05) is 14.2 Å². The molecule has 0 bridgehead atoms. The zero-order valence-corrected chi connectivity index (χ0v) is 15.6. The highest BCUT2D eigenvalue weighted by Gasteiger charge is 2.29. The standard InChI is InChI=1S/C19H22N4O4/c1-12(21-19(25)27-3)18(24)23-10-14-9-20-17(22-16(14)11-23)8-13-4-6-15(26-2)7-5-13/h4-7,9,12H,8,10-11H2,1-3H3,(H,21,25)/t12-/m1/s1. The zero-order chi connectivity index (χ0) is 19.4. The third kappa shape index (κ3) is 4.33. The number of methoxy groups -OCH3 is 2. The van der Waals surface area contributed by atoms with Crippen molar-refractivity contribution in [2.45, 2.75) is 32.5 Å². The molecule has 0 unspecified atom stereocenters. The number of nitrogens with one attached hydrogen (secondary N) is 1. The quantitative estimate of drug-likeness (QED) is 0.860. The molecule has 1 aliphatic heterocycles. The van der Waals surface area contributed by atoms with Crippen LogP contribution < -0.4 is 10.1 Å². The van der Waals surface area contributed by atoms with E-state index in [1.165, 1.54) is 7.11 Å². The molecular formula is C19H22N4O4. The van der Waals surface area contributed by atoms with Crippen LogP contribution in [0.4, 0.5) is 4.79 Å². The van der Waals surface area contributed by atoms with Crippen molar-refractivity contribution in [1.29, 1.82) is 0 Å². The minimum atomic E-state index is -0.668. The predicted molar refractivity (Wildman–Crippen MR) is 97.1 cm³/mol. The number of fused-ring (bicyclic) bond motifs is 1. The zero-order valence-electron chi connectivity index (χ0n) is 15.6. The minimum Gasteiger partial charge on any atom is -0.497 e. The third-order valence-corrected chi connectivity index (χ3v) is 4.43. The highest BCUT2D eigenvalue weighted by Crippen LogP contribution is 2.22. The van der Waals surface area contributed by atoms with Gasteiger partial charge in [-0.15, -0.1) is 0 Å². The van der Waals surface area contributed by atoms with Gasteiger partial charge >= 0.3 is 6.09 Å². The molecule has 1 aliphatic rings. The lowest BCUT2D eigenvalue weighted by Crippen LogP contribution is -2.45. The van der Waals surface area contributed by atoms with Gasteiger partial charge in [0.1, 0.15) is 17.6 Å². The van der Waals surface area contributed by atoms with Crippen molar-refractivity contribution >= 4 is 12.0 Å². The molecule has 2 amide bonds. The van der Waals surface area contributed by atoms with Gasteiger partial charge in [0.2, 0.25) is 5.91 Å². The van der Waals surface area contributed by atoms with Crippen LogP contribution in [-0.2, 0) is 29.0 Å². The van der Waals surface area contributed by atoms with Crippen LogP contribution in [0.1, 0.15) is 29.6 Å². The van der Waals surface area contributed by atoms with Gasteiger partial charge in [-0.1, -0.05) is 12.1 Å². The summed E-state index contributed by atoms with van der Waals surface area (Å²) >= 11 is 0. The summed E-state index contributed by atoms with van der Waals surface area (Å²) in [6.45, 7) is 2.46. The smallest absolute Gasteiger partial charge is 0.407 e. The first-order chi connectivity index (χ1) is 13.0. The molecular weight excluding hydrogens is 348 g/mol. The van der Waals surface area contributed by atoms with E-state index in [0.717, 1.165) is 22.6 Å². The largest absolute Gasteiger partial charge is 0.497 e. The average Bonchev–Trinajstić information content (AvgIpc) is 3.11. The van der Waals surface area contributed by atoms with Crippen LogP contribution in [0, 0.1) is 0 Å². The average molecular weight is 370 g/mol. The predicted octanol–water partition coefficient (Wildman–Crippen LogP) is 1.66. The topological polar surface area (TPSA) is 93.7 Å². The van der Waals surface area contributed by atoms with Crippen molar-refractivity contribution in [3.8, 4) is 5.75 Å². The van der Waals surface area contributed by atoms with Crippen molar-refractivity contribution in [3.05, 3.63) is 53.1 Å². The minimum absolute atomic E-state index is 0.185. The number of rotatable bonds is 5. The second kappa shape index (κ2) is 8.03. The summed E-state index contributed by atoms with van der Waals surface area (Å²) in [6, 6.07) is 7.09. The monoisotopic (exact) mass is 370 g/mol. The number of hydrogen-bond donors (Lipinski definition) is 1. The highest BCUT2D eigenvalue weighted by molar-refractivity contribution is 5.85. The molecule has 0 fully saturated rings. The summed E-state index contributed by atoms with van der Waals surface area (Å²) in [5.74, 6) is 1.32. The molecule has 27 heavy (non-hydrogen) atoms. The van der Waals surface area contributed by atoms with Gasteiger partial charge in [0.05, 0.1) is 26.5 Å². The molecule has 2 heterocycles. The van der Waals surface area contributed by atoms with Crippen molar-refractivity contribution < 1.29 is 19.1 Å². The van der Waals surface area contributed by atoms with Gasteiger partial charge < -0.3 is 19.7 Å². The second-order valence-electron chi connectivity index (χ2n) is 6.33. The van der Waals surface area contributed by atoms with Crippen LogP contribution in [0.3, 0.4) is 0 Å². The van der Waals surface area contributed by atoms with E-state index < -0.39 is 12.1 Å². The van der Waals surface area contributed by atoms with Crippen LogP contribution in [0.15, 0.2) is 30.5 Å². The first-order valence-electron chi connectivity index (χ1n) is 8.60. The van der Waals surface area contributed by atoms with Crippen LogP contribution in [0.25, 0.3) is 0 Å². The number of ether oxygens (including phenoxy) is 2. The summed E-state index contributed by atoms with van der Waals surface area (Å²) < 4.78 is 9.69. The normalized spacial score (nSPS) is 13.7. The summed E-state index contributed by atoms with van der Waals surface area (Å²) in [4.78, 5) is 34.5. The van der Waals surface area contributed by atoms with Gasteiger partial charge in [0.15, 0.2) is 0 Å². The summed E-state index contributed by atoms with van der Waals surface area (Å²) in [6.07, 6.45) is 1.74. The number of carbonyl (C=O) groups is 2. The van der Waals surface area contributed by atoms with E-state index in [4.69, 9.17) is 4.74 Å². The van der Waals surface area contributed by atoms with Crippen LogP contribution in [0.5, 0.6) is 5.75 Å². The second-order valence-corrected chi connectivity index (χ2v) is 6.33. The van der Waals surface area contributed by atoms with Crippen molar-refractivity contribution in [3.63, 3.8) is 0 Å². The number of amides is 2. The van der Waals surface area contributed by atoms with E-state index in [1.807, 2.05) is 24.3 Å². The fraction of sp³-hybridized carbons (Fsp3) is 0.368. The first kappa shape index (κ1) is 18.6. The number of hydrogen-bond acceptors (Lipinski definition) is 6. The molecule has 1 aromatic heterocycles. The Balaban J connectivity index is 1.65. The van der Waals surface area contributed by atoms with Crippen LogP contribution >= 0.6 is 0 Å². The fourth-order valence-corrected chi connectivity index (χ4v) is 2.93.